The van der Waals surface area contributed by atoms with Crippen molar-refractivity contribution in [2.24, 2.45) is 11.8 Å². The summed E-state index contributed by atoms with van der Waals surface area (Å²) >= 11 is 0. The number of allylic oxidation sites excluding steroid dienone is 4. The van der Waals surface area contributed by atoms with Gasteiger partial charge in [-0.3, -0.25) is 9.59 Å². The van der Waals surface area contributed by atoms with Crippen LogP contribution in [0.2, 0.25) is 0 Å². The zero-order chi connectivity index (χ0) is 22.1. The summed E-state index contributed by atoms with van der Waals surface area (Å²) in [5.74, 6) is -2.04. The Kier molecular flexibility index (Phi) is 6.01. The van der Waals surface area contributed by atoms with Gasteiger partial charge in [-0.05, 0) is 24.8 Å². The van der Waals surface area contributed by atoms with Gasteiger partial charge < -0.3 is 9.80 Å². The minimum Gasteiger partial charge on any atom is -0.332 e. The number of nitrogens with zero attached hydrogens (tertiary/aromatic N) is 5. The number of rotatable bonds is 4. The minimum absolute atomic E-state index is 0.176. The molecule has 1 aliphatic carbocycles. The van der Waals surface area contributed by atoms with Gasteiger partial charge in [0.1, 0.15) is 6.04 Å². The van der Waals surface area contributed by atoms with E-state index in [1.54, 1.807) is 0 Å². The molecule has 1 aliphatic heterocycles. The van der Waals surface area contributed by atoms with Crippen LogP contribution < -0.4 is 0 Å². The van der Waals surface area contributed by atoms with Crippen molar-refractivity contribution in [1.82, 2.24) is 19.6 Å². The Balaban J connectivity index is 1.62. The smallest absolute Gasteiger partial charge is 0.332 e. The number of amides is 2. The Bertz CT molecular complexity index is 928. The zero-order valence-electron chi connectivity index (χ0n) is 16.6. The highest BCUT2D eigenvalue weighted by atomic mass is 19.4. The van der Waals surface area contributed by atoms with E-state index in [0.29, 0.717) is 18.7 Å². The van der Waals surface area contributed by atoms with Crippen molar-refractivity contribution in [2.45, 2.75) is 32.0 Å². The van der Waals surface area contributed by atoms with E-state index in [2.05, 4.69) is 11.2 Å². The second kappa shape index (κ2) is 8.34. The van der Waals surface area contributed by atoms with E-state index in [9.17, 15) is 28.0 Å². The number of likely N-dealkylation sites (N-methyl/N-ethyl adjacent to an activating group) is 1. The number of aromatic nitrogens is 2. The normalized spacial score (nSPS) is 23.8. The quantitative estimate of drug-likeness (QED) is 0.749. The van der Waals surface area contributed by atoms with Gasteiger partial charge in [-0.25, -0.2) is 4.68 Å². The van der Waals surface area contributed by atoms with Crippen LogP contribution in [0.3, 0.4) is 0 Å². The first kappa shape index (κ1) is 21.6. The first-order valence-corrected chi connectivity index (χ1v) is 9.54. The molecule has 10 heteroatoms. The maximum Gasteiger partial charge on any atom is 0.395 e. The summed E-state index contributed by atoms with van der Waals surface area (Å²) in [4.78, 5) is 27.9. The number of likely N-dealkylation sites (tertiary alicyclic amines) is 1. The van der Waals surface area contributed by atoms with Crippen LogP contribution in [0.15, 0.2) is 30.6 Å². The van der Waals surface area contributed by atoms with E-state index >= 15 is 0 Å². The minimum atomic E-state index is -4.29. The highest BCUT2D eigenvalue weighted by Gasteiger charge is 2.38. The average Bonchev–Trinajstić information content (AvgIpc) is 3.33. The van der Waals surface area contributed by atoms with Crippen molar-refractivity contribution in [3.8, 4) is 6.07 Å². The zero-order valence-corrected chi connectivity index (χ0v) is 16.6. The molecule has 0 radical (unpaired) electrons. The number of hydrogen-bond acceptors (Lipinski definition) is 4. The van der Waals surface area contributed by atoms with E-state index in [0.717, 1.165) is 6.08 Å². The van der Waals surface area contributed by atoms with Crippen LogP contribution in [0.5, 0.6) is 0 Å². The summed E-state index contributed by atoms with van der Waals surface area (Å²) < 4.78 is 39.6. The lowest BCUT2D eigenvalue weighted by Gasteiger charge is -2.23. The fraction of sp³-hybridized carbons (Fsp3) is 0.500. The van der Waals surface area contributed by atoms with Gasteiger partial charge in [-0.1, -0.05) is 19.1 Å². The number of halogens is 3. The van der Waals surface area contributed by atoms with E-state index in [1.165, 1.54) is 46.1 Å². The van der Waals surface area contributed by atoms with Crippen molar-refractivity contribution < 1.29 is 22.8 Å². The van der Waals surface area contributed by atoms with E-state index < -0.39 is 24.0 Å². The molecule has 2 aliphatic rings. The van der Waals surface area contributed by atoms with Gasteiger partial charge in [-0.15, -0.1) is 0 Å². The fourth-order valence-corrected chi connectivity index (χ4v) is 3.63. The topological polar surface area (TPSA) is 82.2 Å². The lowest BCUT2D eigenvalue weighted by atomic mass is 9.99. The van der Waals surface area contributed by atoms with Crippen LogP contribution in [0.25, 0.3) is 5.70 Å². The Morgan fingerprint density at radius 3 is 2.73 bits per heavy atom. The number of alkyl halides is 3. The number of carbonyl (C=O) groups is 2. The van der Waals surface area contributed by atoms with Crippen LogP contribution >= 0.6 is 0 Å². The summed E-state index contributed by atoms with van der Waals surface area (Å²) in [6.07, 6.45) is 2.68. The summed E-state index contributed by atoms with van der Waals surface area (Å²) in [6, 6.07) is 1.63. The molecule has 2 amide bonds. The molecular weight excluding hydrogens is 399 g/mol. The number of carbonyl (C=O) groups excluding carboxylic acids is 2. The van der Waals surface area contributed by atoms with E-state index in [4.69, 9.17) is 0 Å². The summed E-state index contributed by atoms with van der Waals surface area (Å²) in [5.41, 5.74) is 0.653. The van der Waals surface area contributed by atoms with Gasteiger partial charge in [0.25, 0.3) is 5.91 Å². The van der Waals surface area contributed by atoms with Gasteiger partial charge in [0, 0.05) is 19.8 Å². The third-order valence-corrected chi connectivity index (χ3v) is 5.29. The molecule has 0 spiro atoms. The van der Waals surface area contributed by atoms with Crippen LogP contribution in [0.1, 0.15) is 30.1 Å². The first-order chi connectivity index (χ1) is 14.1. The number of hydrogen-bond donors (Lipinski definition) is 0. The van der Waals surface area contributed by atoms with Gasteiger partial charge >= 0.3 is 6.18 Å². The average molecular weight is 421 g/mol. The van der Waals surface area contributed by atoms with Crippen molar-refractivity contribution in [1.29, 1.82) is 5.26 Å². The lowest BCUT2D eigenvalue weighted by molar-refractivity contribution is -0.160. The van der Waals surface area contributed by atoms with Crippen LogP contribution in [-0.2, 0) is 4.79 Å². The molecule has 0 N–H and O–H groups in total. The molecule has 0 bridgehead atoms. The summed E-state index contributed by atoms with van der Waals surface area (Å²) in [6.45, 7) is 2.27. The van der Waals surface area contributed by atoms with Crippen LogP contribution in [0.4, 0.5) is 13.2 Å². The Hall–Kier alpha value is -3.09. The SMILES string of the molecule is CC1CC(C#N)N(C(=O)CN(C)C(=O)c2cnn(C3=CCC(C(F)(F)F)C=C3)c2)C1. The van der Waals surface area contributed by atoms with Gasteiger partial charge in [0.05, 0.1) is 36.0 Å². The van der Waals surface area contributed by atoms with Crippen LogP contribution in [0, 0.1) is 23.2 Å². The largest absolute Gasteiger partial charge is 0.395 e. The van der Waals surface area contributed by atoms with E-state index in [-0.39, 0.29) is 30.4 Å². The van der Waals surface area contributed by atoms with Gasteiger partial charge in [0.2, 0.25) is 5.91 Å². The van der Waals surface area contributed by atoms with Crippen molar-refractivity contribution in [2.75, 3.05) is 20.1 Å². The summed E-state index contributed by atoms with van der Waals surface area (Å²) in [5, 5.41) is 13.3. The summed E-state index contributed by atoms with van der Waals surface area (Å²) in [7, 11) is 1.48. The Morgan fingerprint density at radius 2 is 2.13 bits per heavy atom. The molecule has 30 heavy (non-hydrogen) atoms. The lowest BCUT2D eigenvalue weighted by Crippen LogP contribution is -2.43. The highest BCUT2D eigenvalue weighted by molar-refractivity contribution is 5.96. The molecule has 1 aromatic rings. The molecule has 1 saturated heterocycles. The van der Waals surface area contributed by atoms with Crippen LogP contribution in [-0.4, -0.2) is 63.7 Å². The molecule has 7 nitrogen and oxygen atoms in total. The molecular formula is C20H22F3N5O2. The maximum atomic E-state index is 12.8. The second-order valence-electron chi connectivity index (χ2n) is 7.74. The predicted molar refractivity (Wildman–Crippen MR) is 102 cm³/mol. The van der Waals surface area contributed by atoms with Crippen molar-refractivity contribution in [3.05, 3.63) is 36.2 Å². The fourth-order valence-electron chi connectivity index (χ4n) is 3.63. The maximum absolute atomic E-state index is 12.8. The Morgan fingerprint density at radius 1 is 1.40 bits per heavy atom. The predicted octanol–water partition coefficient (Wildman–Crippen LogP) is 2.69. The molecule has 1 fully saturated rings. The third-order valence-electron chi connectivity index (χ3n) is 5.29. The standard InChI is InChI=1S/C20H22F3N5O2/c1-13-7-17(8-24)27(10-13)18(29)12-26(2)19(30)14-9-25-28(11-14)16-5-3-15(4-6-16)20(21,22)23/h3,5-6,9,11,13,15,17H,4,7,10,12H2,1-2H3. The first-order valence-electron chi connectivity index (χ1n) is 9.54. The molecule has 160 valence electrons. The molecule has 3 unspecified atom stereocenters. The van der Waals surface area contributed by atoms with Gasteiger partial charge in [0.15, 0.2) is 0 Å². The third kappa shape index (κ3) is 4.56. The Labute approximate surface area is 172 Å². The van der Waals surface area contributed by atoms with Crippen molar-refractivity contribution in [3.63, 3.8) is 0 Å². The molecule has 0 saturated carbocycles. The monoisotopic (exact) mass is 421 g/mol. The molecule has 1 aromatic heterocycles. The molecule has 2 heterocycles. The number of nitriles is 1. The molecule has 3 rings (SSSR count). The highest BCUT2D eigenvalue weighted by Crippen LogP contribution is 2.33. The van der Waals surface area contributed by atoms with Gasteiger partial charge in [-0.2, -0.15) is 23.5 Å². The molecule has 0 aromatic carbocycles. The second-order valence-corrected chi connectivity index (χ2v) is 7.74. The van der Waals surface area contributed by atoms with E-state index in [1.807, 2.05) is 6.92 Å². The molecule has 3 atom stereocenters. The van der Waals surface area contributed by atoms with Crippen molar-refractivity contribution >= 4 is 17.5 Å².